The van der Waals surface area contributed by atoms with E-state index in [0.29, 0.717) is 0 Å². The molecular weight excluding hydrogens is 327 g/mol. The van der Waals surface area contributed by atoms with Crippen molar-refractivity contribution in [3.63, 3.8) is 0 Å². The molecule has 0 heterocycles. The maximum absolute atomic E-state index is 4.16. The van der Waals surface area contributed by atoms with Crippen LogP contribution in [0.1, 0.15) is 33.6 Å². The summed E-state index contributed by atoms with van der Waals surface area (Å²) in [4.78, 5) is 6.60. The van der Waals surface area contributed by atoms with Crippen LogP contribution < -0.4 is 10.6 Å². The third-order valence-corrected chi connectivity index (χ3v) is 2.60. The van der Waals surface area contributed by atoms with E-state index in [1.54, 1.807) is 0 Å². The highest BCUT2D eigenvalue weighted by molar-refractivity contribution is 14.0. The van der Waals surface area contributed by atoms with E-state index >= 15 is 0 Å². The van der Waals surface area contributed by atoms with Crippen LogP contribution in [0.2, 0.25) is 0 Å². The molecule has 17 heavy (non-hydrogen) atoms. The summed E-state index contributed by atoms with van der Waals surface area (Å²) in [6, 6.07) is 0. The molecule has 104 valence electrons. The van der Waals surface area contributed by atoms with E-state index in [9.17, 15) is 0 Å². The molecule has 0 bridgehead atoms. The zero-order valence-electron chi connectivity index (χ0n) is 11.8. The van der Waals surface area contributed by atoms with Crippen LogP contribution in [0.15, 0.2) is 4.99 Å². The minimum Gasteiger partial charge on any atom is -0.356 e. The number of hydrogen-bond donors (Lipinski definition) is 2. The highest BCUT2D eigenvalue weighted by Crippen LogP contribution is 1.89. The summed E-state index contributed by atoms with van der Waals surface area (Å²) in [6.45, 7) is 12.0. The van der Waals surface area contributed by atoms with E-state index in [1.807, 2.05) is 7.05 Å². The van der Waals surface area contributed by atoms with Crippen molar-refractivity contribution in [1.29, 1.82) is 0 Å². The van der Waals surface area contributed by atoms with Gasteiger partial charge in [0.2, 0.25) is 0 Å². The van der Waals surface area contributed by atoms with Crippen LogP contribution in [-0.4, -0.2) is 50.6 Å². The largest absolute Gasteiger partial charge is 0.356 e. The van der Waals surface area contributed by atoms with Crippen LogP contribution >= 0.6 is 24.0 Å². The van der Waals surface area contributed by atoms with Gasteiger partial charge in [0.1, 0.15) is 0 Å². The monoisotopic (exact) mass is 356 g/mol. The molecule has 4 nitrogen and oxygen atoms in total. The number of nitrogens with zero attached hydrogens (tertiary/aromatic N) is 2. The first kappa shape index (κ1) is 19.3. The van der Waals surface area contributed by atoms with Gasteiger partial charge in [-0.2, -0.15) is 0 Å². The Morgan fingerprint density at radius 1 is 1.06 bits per heavy atom. The predicted octanol–water partition coefficient (Wildman–Crippen LogP) is 1.91. The van der Waals surface area contributed by atoms with Crippen LogP contribution in [0.5, 0.6) is 0 Å². The van der Waals surface area contributed by atoms with Gasteiger partial charge in [0.05, 0.1) is 0 Å². The summed E-state index contributed by atoms with van der Waals surface area (Å²) < 4.78 is 0. The average Bonchev–Trinajstić information content (AvgIpc) is 2.33. The van der Waals surface area contributed by atoms with Crippen LogP contribution in [0.25, 0.3) is 0 Å². The molecule has 5 heteroatoms. The molecule has 0 amide bonds. The second-order valence-corrected chi connectivity index (χ2v) is 3.81. The lowest BCUT2D eigenvalue weighted by Gasteiger charge is -2.18. The van der Waals surface area contributed by atoms with Crippen molar-refractivity contribution in [2.24, 2.45) is 4.99 Å². The first-order chi connectivity index (χ1) is 7.78. The maximum atomic E-state index is 4.16. The third-order valence-electron chi connectivity index (χ3n) is 2.60. The van der Waals surface area contributed by atoms with Crippen LogP contribution in [0.4, 0.5) is 0 Å². The fourth-order valence-corrected chi connectivity index (χ4v) is 1.51. The Labute approximate surface area is 124 Å². The fourth-order valence-electron chi connectivity index (χ4n) is 1.51. The SMILES string of the molecule is CCCNC(=NC)NCCCN(CC)CC.I. The summed E-state index contributed by atoms with van der Waals surface area (Å²) in [6.07, 6.45) is 2.29. The minimum absolute atomic E-state index is 0. The summed E-state index contributed by atoms with van der Waals surface area (Å²) in [7, 11) is 1.81. The number of nitrogens with one attached hydrogen (secondary N) is 2. The van der Waals surface area contributed by atoms with Crippen LogP contribution in [-0.2, 0) is 0 Å². The summed E-state index contributed by atoms with van der Waals surface area (Å²) in [5.41, 5.74) is 0. The molecule has 0 aromatic carbocycles. The fraction of sp³-hybridized carbons (Fsp3) is 0.917. The Hall–Kier alpha value is -0.0400. The van der Waals surface area contributed by atoms with Crippen molar-refractivity contribution in [3.05, 3.63) is 0 Å². The van der Waals surface area contributed by atoms with Gasteiger partial charge in [-0.3, -0.25) is 4.99 Å². The quantitative estimate of drug-likeness (QED) is 0.302. The summed E-state index contributed by atoms with van der Waals surface area (Å²) in [5, 5.41) is 6.58. The van der Waals surface area contributed by atoms with E-state index in [0.717, 1.165) is 51.5 Å². The molecule has 0 aliphatic heterocycles. The standard InChI is InChI=1S/C12H28N4.HI/c1-5-9-14-12(13-4)15-10-8-11-16(6-2)7-3;/h5-11H2,1-4H3,(H2,13,14,15);1H. The Kier molecular flexibility index (Phi) is 15.9. The topological polar surface area (TPSA) is 39.7 Å². The van der Waals surface area contributed by atoms with Gasteiger partial charge in [-0.05, 0) is 32.5 Å². The van der Waals surface area contributed by atoms with Crippen molar-refractivity contribution in [2.45, 2.75) is 33.6 Å². The van der Waals surface area contributed by atoms with Crippen molar-refractivity contribution in [2.75, 3.05) is 39.8 Å². The molecule has 2 N–H and O–H groups in total. The lowest BCUT2D eigenvalue weighted by molar-refractivity contribution is 0.300. The number of aliphatic imine (C=N–C) groups is 1. The van der Waals surface area contributed by atoms with Crippen LogP contribution in [0, 0.1) is 0 Å². The summed E-state index contributed by atoms with van der Waals surface area (Å²) >= 11 is 0. The molecule has 0 saturated carbocycles. The van der Waals surface area contributed by atoms with E-state index in [-0.39, 0.29) is 24.0 Å². The van der Waals surface area contributed by atoms with Gasteiger partial charge in [0, 0.05) is 20.1 Å². The van der Waals surface area contributed by atoms with Gasteiger partial charge in [-0.25, -0.2) is 0 Å². The second kappa shape index (κ2) is 14.0. The highest BCUT2D eigenvalue weighted by atomic mass is 127. The molecule has 0 aliphatic rings. The minimum atomic E-state index is 0. The molecule has 0 atom stereocenters. The highest BCUT2D eigenvalue weighted by Gasteiger charge is 1.99. The number of hydrogen-bond acceptors (Lipinski definition) is 2. The van der Waals surface area contributed by atoms with Crippen molar-refractivity contribution < 1.29 is 0 Å². The smallest absolute Gasteiger partial charge is 0.190 e. The molecule has 0 saturated heterocycles. The first-order valence-corrected chi connectivity index (χ1v) is 6.45. The van der Waals surface area contributed by atoms with Gasteiger partial charge in [-0.1, -0.05) is 20.8 Å². The van der Waals surface area contributed by atoms with Gasteiger partial charge >= 0.3 is 0 Å². The van der Waals surface area contributed by atoms with E-state index in [4.69, 9.17) is 0 Å². The molecule has 0 fully saturated rings. The first-order valence-electron chi connectivity index (χ1n) is 6.45. The lowest BCUT2D eigenvalue weighted by Crippen LogP contribution is -2.39. The third kappa shape index (κ3) is 10.8. The van der Waals surface area contributed by atoms with E-state index < -0.39 is 0 Å². The van der Waals surface area contributed by atoms with Crippen molar-refractivity contribution in [1.82, 2.24) is 15.5 Å². The zero-order valence-corrected chi connectivity index (χ0v) is 14.1. The molecule has 0 spiro atoms. The molecule has 0 aromatic rings. The Morgan fingerprint density at radius 2 is 1.65 bits per heavy atom. The van der Waals surface area contributed by atoms with Gasteiger partial charge in [0.25, 0.3) is 0 Å². The van der Waals surface area contributed by atoms with Gasteiger partial charge in [0.15, 0.2) is 5.96 Å². The van der Waals surface area contributed by atoms with E-state index in [2.05, 4.69) is 41.3 Å². The number of rotatable bonds is 8. The molecule has 0 rings (SSSR count). The van der Waals surface area contributed by atoms with Gasteiger partial charge in [-0.15, -0.1) is 24.0 Å². The number of guanidine groups is 1. The molecule has 0 unspecified atom stereocenters. The van der Waals surface area contributed by atoms with E-state index in [1.165, 1.54) is 0 Å². The van der Waals surface area contributed by atoms with Crippen LogP contribution in [0.3, 0.4) is 0 Å². The molecule has 0 aromatic heterocycles. The second-order valence-electron chi connectivity index (χ2n) is 3.81. The average molecular weight is 356 g/mol. The number of halogens is 1. The summed E-state index contributed by atoms with van der Waals surface area (Å²) in [5.74, 6) is 0.918. The Balaban J connectivity index is 0. The van der Waals surface area contributed by atoms with Crippen molar-refractivity contribution >= 4 is 29.9 Å². The Bertz CT molecular complexity index is 181. The Morgan fingerprint density at radius 3 is 2.12 bits per heavy atom. The van der Waals surface area contributed by atoms with Crippen molar-refractivity contribution in [3.8, 4) is 0 Å². The molecule has 0 radical (unpaired) electrons. The lowest BCUT2D eigenvalue weighted by atomic mass is 10.3. The maximum Gasteiger partial charge on any atom is 0.190 e. The van der Waals surface area contributed by atoms with Gasteiger partial charge < -0.3 is 15.5 Å². The normalized spacial score (nSPS) is 11.2. The molecule has 0 aliphatic carbocycles. The zero-order chi connectivity index (χ0) is 12.2. The molecular formula is C12H29IN4. The predicted molar refractivity (Wildman–Crippen MR) is 87.5 cm³/mol.